The van der Waals surface area contributed by atoms with Gasteiger partial charge >= 0.3 is 0 Å². The summed E-state index contributed by atoms with van der Waals surface area (Å²) in [5.41, 5.74) is 0. The minimum Gasteiger partial charge on any atom is -0.0683 e. The van der Waals surface area contributed by atoms with E-state index >= 15 is 0 Å². The molecule has 0 heterocycles. The van der Waals surface area contributed by atoms with Crippen molar-refractivity contribution in [1.82, 2.24) is 0 Å². The maximum absolute atomic E-state index is 2.41. The van der Waals surface area contributed by atoms with Gasteiger partial charge in [-0.15, -0.1) is 0 Å². The summed E-state index contributed by atoms with van der Waals surface area (Å²) in [4.78, 5) is 0. The first-order chi connectivity index (χ1) is 12.5. The summed E-state index contributed by atoms with van der Waals surface area (Å²) in [7, 11) is 0. The molecule has 0 saturated heterocycles. The van der Waals surface area contributed by atoms with Gasteiger partial charge in [0.1, 0.15) is 0 Å². The Hall–Kier alpha value is 0. The highest BCUT2D eigenvalue weighted by molar-refractivity contribution is 4.70. The summed E-state index contributed by atoms with van der Waals surface area (Å²) in [6.07, 6.45) is 20.7. The second kappa shape index (κ2) is 17.1. The Morgan fingerprint density at radius 1 is 0.500 bits per heavy atom. The molecular formula is C26H54. The molecule has 158 valence electrons. The molecule has 4 atom stereocenters. The van der Waals surface area contributed by atoms with Crippen LogP contribution < -0.4 is 0 Å². The Labute approximate surface area is 168 Å². The summed E-state index contributed by atoms with van der Waals surface area (Å²) in [6, 6.07) is 0. The molecule has 0 heteroatoms. The fourth-order valence-electron chi connectivity index (χ4n) is 4.81. The van der Waals surface area contributed by atoms with Gasteiger partial charge in [-0.1, -0.05) is 138 Å². The minimum atomic E-state index is 1.00. The Morgan fingerprint density at radius 2 is 0.885 bits per heavy atom. The SMILES string of the molecule is CC.CC1CCCCC1.CC1CCCCC1C.CCC1CCCCC1C. The van der Waals surface area contributed by atoms with Gasteiger partial charge in [0.05, 0.1) is 0 Å². The fourth-order valence-corrected chi connectivity index (χ4v) is 4.81. The summed E-state index contributed by atoms with van der Waals surface area (Å²) in [5, 5.41) is 0. The highest BCUT2D eigenvalue weighted by Crippen LogP contribution is 2.31. The Bertz CT molecular complexity index is 266. The molecule has 0 radical (unpaired) electrons. The van der Waals surface area contributed by atoms with E-state index in [0.717, 1.165) is 29.6 Å². The molecule has 4 unspecified atom stereocenters. The van der Waals surface area contributed by atoms with Crippen LogP contribution in [0.4, 0.5) is 0 Å². The smallest absolute Gasteiger partial charge is 0.0391 e. The van der Waals surface area contributed by atoms with E-state index in [1.807, 2.05) is 13.8 Å². The van der Waals surface area contributed by atoms with Crippen molar-refractivity contribution in [2.45, 2.75) is 138 Å². The van der Waals surface area contributed by atoms with Crippen LogP contribution in [0.5, 0.6) is 0 Å². The quantitative estimate of drug-likeness (QED) is 0.433. The van der Waals surface area contributed by atoms with Crippen molar-refractivity contribution in [2.75, 3.05) is 0 Å². The lowest BCUT2D eigenvalue weighted by Crippen LogP contribution is -2.15. The standard InChI is InChI=1S/C9H18.C8H16.C7H14.C2H6/c1-3-9-7-5-4-6-8(9)2;1-7-5-3-4-6-8(7)2;1-7-5-3-2-4-6-7;1-2/h8-9H,3-7H2,1-2H3;7-8H,3-6H2,1-2H3;7H,2-6H2,1H3;1-2H3. The van der Waals surface area contributed by atoms with Crippen LogP contribution in [0.2, 0.25) is 0 Å². The number of hydrogen-bond donors (Lipinski definition) is 0. The predicted octanol–water partition coefficient (Wildman–Crippen LogP) is 9.67. The molecule has 0 spiro atoms. The molecule has 3 saturated carbocycles. The first-order valence-electron chi connectivity index (χ1n) is 12.5. The van der Waals surface area contributed by atoms with Crippen molar-refractivity contribution in [1.29, 1.82) is 0 Å². The zero-order valence-corrected chi connectivity index (χ0v) is 19.8. The van der Waals surface area contributed by atoms with Gasteiger partial charge < -0.3 is 0 Å². The first-order valence-corrected chi connectivity index (χ1v) is 12.5. The second-order valence-corrected chi connectivity index (χ2v) is 9.41. The van der Waals surface area contributed by atoms with Gasteiger partial charge in [-0.3, -0.25) is 0 Å². The van der Waals surface area contributed by atoms with Gasteiger partial charge in [-0.2, -0.15) is 0 Å². The van der Waals surface area contributed by atoms with Gasteiger partial charge in [-0.25, -0.2) is 0 Å². The zero-order valence-electron chi connectivity index (χ0n) is 19.8. The van der Waals surface area contributed by atoms with Crippen molar-refractivity contribution in [3.63, 3.8) is 0 Å². The van der Waals surface area contributed by atoms with Crippen LogP contribution in [0.1, 0.15) is 138 Å². The van der Waals surface area contributed by atoms with Gasteiger partial charge in [0.15, 0.2) is 0 Å². The van der Waals surface area contributed by atoms with Gasteiger partial charge in [-0.05, 0) is 29.6 Å². The molecule has 26 heavy (non-hydrogen) atoms. The lowest BCUT2D eigenvalue weighted by molar-refractivity contribution is 0.249. The van der Waals surface area contributed by atoms with E-state index in [9.17, 15) is 0 Å². The third-order valence-electron chi connectivity index (χ3n) is 7.25. The molecule has 3 aliphatic rings. The Balaban J connectivity index is 0.000000346. The molecule has 0 amide bonds. The molecule has 0 bridgehead atoms. The molecule has 0 aliphatic heterocycles. The van der Waals surface area contributed by atoms with Crippen LogP contribution in [-0.4, -0.2) is 0 Å². The van der Waals surface area contributed by atoms with E-state index in [0.29, 0.717) is 0 Å². The van der Waals surface area contributed by atoms with Crippen molar-refractivity contribution >= 4 is 0 Å². The highest BCUT2D eigenvalue weighted by atomic mass is 14.2. The Kier molecular flexibility index (Phi) is 17.1. The average Bonchev–Trinajstić information content (AvgIpc) is 2.68. The van der Waals surface area contributed by atoms with Gasteiger partial charge in [0.2, 0.25) is 0 Å². The van der Waals surface area contributed by atoms with Crippen LogP contribution in [0, 0.1) is 29.6 Å². The maximum atomic E-state index is 2.41. The molecule has 0 N–H and O–H groups in total. The zero-order chi connectivity index (χ0) is 19.8. The summed E-state index contributed by atoms with van der Waals surface area (Å²) in [6.45, 7) is 15.9. The van der Waals surface area contributed by atoms with Crippen LogP contribution >= 0.6 is 0 Å². The van der Waals surface area contributed by atoms with Crippen molar-refractivity contribution in [3.05, 3.63) is 0 Å². The third-order valence-corrected chi connectivity index (χ3v) is 7.25. The van der Waals surface area contributed by atoms with E-state index in [1.54, 1.807) is 0 Å². The minimum absolute atomic E-state index is 1.00. The van der Waals surface area contributed by atoms with Crippen molar-refractivity contribution in [2.24, 2.45) is 29.6 Å². The van der Waals surface area contributed by atoms with E-state index < -0.39 is 0 Å². The average molecular weight is 367 g/mol. The molecule has 0 nitrogen and oxygen atoms in total. The van der Waals surface area contributed by atoms with Crippen molar-refractivity contribution in [3.8, 4) is 0 Å². The maximum Gasteiger partial charge on any atom is -0.0391 e. The molecule has 0 aromatic heterocycles. The first kappa shape index (κ1) is 26.0. The van der Waals surface area contributed by atoms with Gasteiger partial charge in [0.25, 0.3) is 0 Å². The molecule has 3 rings (SSSR count). The topological polar surface area (TPSA) is 0 Å². The van der Waals surface area contributed by atoms with E-state index in [4.69, 9.17) is 0 Å². The molecule has 3 fully saturated rings. The Morgan fingerprint density at radius 3 is 1.15 bits per heavy atom. The van der Waals surface area contributed by atoms with Crippen LogP contribution in [0.3, 0.4) is 0 Å². The normalized spacial score (nSPS) is 32.0. The van der Waals surface area contributed by atoms with Crippen LogP contribution in [0.15, 0.2) is 0 Å². The molecule has 0 aromatic rings. The third kappa shape index (κ3) is 12.4. The predicted molar refractivity (Wildman–Crippen MR) is 122 cm³/mol. The second-order valence-electron chi connectivity index (χ2n) is 9.41. The monoisotopic (exact) mass is 366 g/mol. The lowest BCUT2D eigenvalue weighted by Gasteiger charge is -2.27. The highest BCUT2D eigenvalue weighted by Gasteiger charge is 2.18. The number of rotatable bonds is 1. The van der Waals surface area contributed by atoms with E-state index in [-0.39, 0.29) is 0 Å². The van der Waals surface area contributed by atoms with Gasteiger partial charge in [0, 0.05) is 0 Å². The molecular weight excluding hydrogens is 312 g/mol. The van der Waals surface area contributed by atoms with E-state index in [2.05, 4.69) is 34.6 Å². The summed E-state index contributed by atoms with van der Waals surface area (Å²) < 4.78 is 0. The fraction of sp³-hybridized carbons (Fsp3) is 1.00. The van der Waals surface area contributed by atoms with E-state index in [1.165, 1.54) is 89.9 Å². The summed E-state index contributed by atoms with van der Waals surface area (Å²) in [5.74, 6) is 5.11. The van der Waals surface area contributed by atoms with Crippen molar-refractivity contribution < 1.29 is 0 Å². The number of hydrogen-bond acceptors (Lipinski definition) is 0. The summed E-state index contributed by atoms with van der Waals surface area (Å²) >= 11 is 0. The molecule has 0 aromatic carbocycles. The molecule has 3 aliphatic carbocycles. The van der Waals surface area contributed by atoms with Crippen LogP contribution in [-0.2, 0) is 0 Å². The van der Waals surface area contributed by atoms with Crippen LogP contribution in [0.25, 0.3) is 0 Å². The lowest BCUT2D eigenvalue weighted by atomic mass is 9.79. The largest absolute Gasteiger partial charge is 0.0683 e.